The Labute approximate surface area is 118 Å². The zero-order valence-electron chi connectivity index (χ0n) is 12.9. The minimum absolute atomic E-state index is 0.221. The van der Waals surface area contributed by atoms with Crippen LogP contribution in [0.5, 0.6) is 0 Å². The molecule has 1 fully saturated rings. The Bertz CT molecular complexity index is 254. The maximum Gasteiger partial charge on any atom is 0.223 e. The first-order valence-corrected chi connectivity index (χ1v) is 7.90. The van der Waals surface area contributed by atoms with E-state index in [1.807, 2.05) is 0 Å². The number of nitrogens with one attached hydrogen (secondary N) is 2. The minimum Gasteiger partial charge on any atom is -0.356 e. The molecular weight excluding hydrogens is 238 g/mol. The number of piperidine rings is 1. The molecule has 4 nitrogen and oxygen atoms in total. The van der Waals surface area contributed by atoms with Crippen LogP contribution in [0.4, 0.5) is 0 Å². The summed E-state index contributed by atoms with van der Waals surface area (Å²) < 4.78 is 0. The minimum atomic E-state index is 0.221. The number of unbranched alkanes of at least 4 members (excludes halogenated alkanes) is 1. The van der Waals surface area contributed by atoms with Crippen molar-refractivity contribution in [2.75, 3.05) is 32.7 Å². The Morgan fingerprint density at radius 3 is 2.68 bits per heavy atom. The molecule has 0 aliphatic carbocycles. The van der Waals surface area contributed by atoms with Gasteiger partial charge in [0.15, 0.2) is 0 Å². The second kappa shape index (κ2) is 9.32. The van der Waals surface area contributed by atoms with Crippen LogP contribution in [-0.4, -0.2) is 49.6 Å². The van der Waals surface area contributed by atoms with E-state index < -0.39 is 0 Å². The van der Waals surface area contributed by atoms with Crippen LogP contribution in [0.25, 0.3) is 0 Å². The number of hydrogen-bond acceptors (Lipinski definition) is 3. The van der Waals surface area contributed by atoms with Crippen molar-refractivity contribution in [3.63, 3.8) is 0 Å². The SMILES string of the molecule is CCN(CC)CCCCNC(=O)[C@H]1CCN[C@@H](C)C1. The molecular formula is C15H31N3O. The molecule has 0 spiro atoms. The fraction of sp³-hybridized carbons (Fsp3) is 0.933. The molecule has 1 aliphatic heterocycles. The van der Waals surface area contributed by atoms with Crippen LogP contribution in [0.3, 0.4) is 0 Å². The van der Waals surface area contributed by atoms with Crippen molar-refractivity contribution in [1.29, 1.82) is 0 Å². The quantitative estimate of drug-likeness (QED) is 0.658. The molecule has 19 heavy (non-hydrogen) atoms. The third kappa shape index (κ3) is 6.39. The molecule has 1 amide bonds. The van der Waals surface area contributed by atoms with E-state index in [9.17, 15) is 4.79 Å². The maximum atomic E-state index is 12.0. The van der Waals surface area contributed by atoms with Gasteiger partial charge in [-0.05, 0) is 58.8 Å². The van der Waals surface area contributed by atoms with Crippen LogP contribution in [0.15, 0.2) is 0 Å². The molecule has 1 aliphatic rings. The molecule has 1 rings (SSSR count). The van der Waals surface area contributed by atoms with Crippen LogP contribution >= 0.6 is 0 Å². The third-order valence-electron chi connectivity index (χ3n) is 4.09. The smallest absolute Gasteiger partial charge is 0.223 e. The highest BCUT2D eigenvalue weighted by molar-refractivity contribution is 5.78. The number of amides is 1. The molecule has 0 aromatic heterocycles. The van der Waals surface area contributed by atoms with Crippen molar-refractivity contribution in [3.8, 4) is 0 Å². The molecule has 0 aromatic rings. The van der Waals surface area contributed by atoms with Gasteiger partial charge in [-0.3, -0.25) is 4.79 Å². The fourth-order valence-electron chi connectivity index (χ4n) is 2.73. The molecule has 0 saturated carbocycles. The Hall–Kier alpha value is -0.610. The van der Waals surface area contributed by atoms with Gasteiger partial charge < -0.3 is 15.5 Å². The van der Waals surface area contributed by atoms with Gasteiger partial charge in [-0.2, -0.15) is 0 Å². The Morgan fingerprint density at radius 1 is 1.32 bits per heavy atom. The van der Waals surface area contributed by atoms with Gasteiger partial charge in [0.2, 0.25) is 5.91 Å². The molecule has 4 heteroatoms. The highest BCUT2D eigenvalue weighted by atomic mass is 16.1. The first-order valence-electron chi connectivity index (χ1n) is 7.90. The lowest BCUT2D eigenvalue weighted by molar-refractivity contribution is -0.126. The number of hydrogen-bond donors (Lipinski definition) is 2. The van der Waals surface area contributed by atoms with E-state index in [1.54, 1.807) is 0 Å². The molecule has 0 radical (unpaired) electrons. The molecule has 112 valence electrons. The molecule has 1 saturated heterocycles. The summed E-state index contributed by atoms with van der Waals surface area (Å²) in [6.07, 6.45) is 4.22. The summed E-state index contributed by atoms with van der Waals surface area (Å²) in [7, 11) is 0. The lowest BCUT2D eigenvalue weighted by Crippen LogP contribution is -2.42. The summed E-state index contributed by atoms with van der Waals surface area (Å²) in [6, 6.07) is 0.479. The van der Waals surface area contributed by atoms with Crippen molar-refractivity contribution < 1.29 is 4.79 Å². The maximum absolute atomic E-state index is 12.0. The van der Waals surface area contributed by atoms with Crippen molar-refractivity contribution in [2.45, 2.75) is 52.5 Å². The van der Waals surface area contributed by atoms with Crippen LogP contribution in [-0.2, 0) is 4.79 Å². The highest BCUT2D eigenvalue weighted by Gasteiger charge is 2.24. The zero-order chi connectivity index (χ0) is 14.1. The van der Waals surface area contributed by atoms with E-state index in [0.29, 0.717) is 6.04 Å². The Kier molecular flexibility index (Phi) is 8.07. The monoisotopic (exact) mass is 269 g/mol. The average Bonchev–Trinajstić information content (AvgIpc) is 2.42. The van der Waals surface area contributed by atoms with E-state index >= 15 is 0 Å². The molecule has 2 N–H and O–H groups in total. The van der Waals surface area contributed by atoms with Gasteiger partial charge in [0, 0.05) is 18.5 Å². The largest absolute Gasteiger partial charge is 0.356 e. The topological polar surface area (TPSA) is 44.4 Å². The predicted octanol–water partition coefficient (Wildman–Crippen LogP) is 1.61. The second-order valence-corrected chi connectivity index (χ2v) is 5.60. The molecule has 0 bridgehead atoms. The Balaban J connectivity index is 2.07. The van der Waals surface area contributed by atoms with Crippen molar-refractivity contribution in [2.24, 2.45) is 5.92 Å². The van der Waals surface area contributed by atoms with Crippen LogP contribution in [0.2, 0.25) is 0 Å². The number of carbonyl (C=O) groups excluding carboxylic acids is 1. The van der Waals surface area contributed by atoms with Crippen molar-refractivity contribution in [3.05, 3.63) is 0 Å². The van der Waals surface area contributed by atoms with E-state index in [4.69, 9.17) is 0 Å². The summed E-state index contributed by atoms with van der Waals surface area (Å²) in [6.45, 7) is 11.7. The van der Waals surface area contributed by atoms with Crippen LogP contribution in [0, 0.1) is 5.92 Å². The summed E-state index contributed by atoms with van der Waals surface area (Å²) in [4.78, 5) is 14.4. The van der Waals surface area contributed by atoms with Gasteiger partial charge in [-0.25, -0.2) is 0 Å². The zero-order valence-corrected chi connectivity index (χ0v) is 12.9. The second-order valence-electron chi connectivity index (χ2n) is 5.60. The van der Waals surface area contributed by atoms with Crippen LogP contribution in [0.1, 0.15) is 46.5 Å². The van der Waals surface area contributed by atoms with Crippen molar-refractivity contribution in [1.82, 2.24) is 15.5 Å². The molecule has 1 heterocycles. The highest BCUT2D eigenvalue weighted by Crippen LogP contribution is 2.15. The van der Waals surface area contributed by atoms with Gasteiger partial charge in [0.05, 0.1) is 0 Å². The standard InChI is InChI=1S/C15H31N3O/c1-4-18(5-2)11-7-6-9-17-15(19)14-8-10-16-13(3)12-14/h13-14,16H,4-12H2,1-3H3,(H,17,19)/t13-,14-/m0/s1. The number of nitrogens with zero attached hydrogens (tertiary/aromatic N) is 1. The number of carbonyl (C=O) groups is 1. The lowest BCUT2D eigenvalue weighted by Gasteiger charge is -2.27. The average molecular weight is 269 g/mol. The molecule has 0 aromatic carbocycles. The summed E-state index contributed by atoms with van der Waals surface area (Å²) in [5.74, 6) is 0.482. The van der Waals surface area contributed by atoms with Gasteiger partial charge in [0.1, 0.15) is 0 Å². The molecule has 0 unspecified atom stereocenters. The van der Waals surface area contributed by atoms with Crippen molar-refractivity contribution >= 4 is 5.91 Å². The summed E-state index contributed by atoms with van der Waals surface area (Å²) >= 11 is 0. The normalized spacial score (nSPS) is 23.6. The van der Waals surface area contributed by atoms with E-state index in [0.717, 1.165) is 52.0 Å². The van der Waals surface area contributed by atoms with E-state index in [-0.39, 0.29) is 11.8 Å². The fourth-order valence-corrected chi connectivity index (χ4v) is 2.73. The number of rotatable bonds is 8. The van der Waals surface area contributed by atoms with Crippen LogP contribution < -0.4 is 10.6 Å². The first-order chi connectivity index (χ1) is 9.17. The van der Waals surface area contributed by atoms with Gasteiger partial charge in [0.25, 0.3) is 0 Å². The predicted molar refractivity (Wildman–Crippen MR) is 80.2 cm³/mol. The summed E-state index contributed by atoms with van der Waals surface area (Å²) in [5.41, 5.74) is 0. The Morgan fingerprint density at radius 2 is 2.05 bits per heavy atom. The first kappa shape index (κ1) is 16.4. The molecule has 2 atom stereocenters. The van der Waals surface area contributed by atoms with Gasteiger partial charge in [-0.15, -0.1) is 0 Å². The third-order valence-corrected chi connectivity index (χ3v) is 4.09. The van der Waals surface area contributed by atoms with Gasteiger partial charge >= 0.3 is 0 Å². The summed E-state index contributed by atoms with van der Waals surface area (Å²) in [5, 5.41) is 6.48. The van der Waals surface area contributed by atoms with E-state index in [2.05, 4.69) is 36.3 Å². The van der Waals surface area contributed by atoms with Gasteiger partial charge in [-0.1, -0.05) is 13.8 Å². The van der Waals surface area contributed by atoms with E-state index in [1.165, 1.54) is 6.42 Å². The lowest BCUT2D eigenvalue weighted by atomic mass is 9.92.